The van der Waals surface area contributed by atoms with Gasteiger partial charge in [0.05, 0.1) is 17.5 Å². The van der Waals surface area contributed by atoms with Gasteiger partial charge in [-0.3, -0.25) is 9.89 Å². The second-order valence-corrected chi connectivity index (χ2v) is 4.45. The van der Waals surface area contributed by atoms with E-state index in [2.05, 4.69) is 15.5 Å². The zero-order chi connectivity index (χ0) is 14.5. The highest BCUT2D eigenvalue weighted by Crippen LogP contribution is 2.15. The van der Waals surface area contributed by atoms with E-state index >= 15 is 0 Å². The number of amides is 1. The number of nitrogens with one attached hydrogen (secondary N) is 2. The van der Waals surface area contributed by atoms with Crippen LogP contribution in [0, 0.1) is 0 Å². The molecule has 1 aromatic carbocycles. The van der Waals surface area contributed by atoms with Crippen LogP contribution < -0.4 is 11.1 Å². The molecule has 2 aromatic rings. The third kappa shape index (κ3) is 2.97. The molecule has 20 heavy (non-hydrogen) atoms. The highest BCUT2D eigenvalue weighted by molar-refractivity contribution is 5.97. The minimum atomic E-state index is -0.758. The van der Waals surface area contributed by atoms with E-state index in [9.17, 15) is 9.90 Å². The van der Waals surface area contributed by atoms with Gasteiger partial charge in [-0.25, -0.2) is 0 Å². The third-order valence-electron chi connectivity index (χ3n) is 3.09. The number of carbonyl (C=O) groups excluding carboxylic acids is 1. The number of aliphatic hydroxyl groups excluding tert-OH is 1. The summed E-state index contributed by atoms with van der Waals surface area (Å²) in [5.74, 6) is -0.395. The van der Waals surface area contributed by atoms with Crippen LogP contribution in [0.15, 0.2) is 30.3 Å². The normalized spacial score (nSPS) is 12.1. The van der Waals surface area contributed by atoms with E-state index in [0.717, 1.165) is 11.3 Å². The molecule has 0 aliphatic rings. The fourth-order valence-electron chi connectivity index (χ4n) is 1.90. The molecule has 6 nitrogen and oxygen atoms in total. The Morgan fingerprint density at radius 3 is 2.75 bits per heavy atom. The fourth-order valence-corrected chi connectivity index (χ4v) is 1.90. The molecular weight excluding hydrogens is 256 g/mol. The van der Waals surface area contributed by atoms with E-state index in [1.807, 2.05) is 25.1 Å². The Balaban J connectivity index is 1.97. The Labute approximate surface area is 117 Å². The predicted molar refractivity (Wildman–Crippen MR) is 76.1 cm³/mol. The Bertz CT molecular complexity index is 580. The van der Waals surface area contributed by atoms with Crippen LogP contribution in [0.1, 0.15) is 34.8 Å². The summed E-state index contributed by atoms with van der Waals surface area (Å²) in [6.45, 7) is 2.03. The van der Waals surface area contributed by atoms with Crippen LogP contribution in [-0.2, 0) is 6.42 Å². The van der Waals surface area contributed by atoms with Gasteiger partial charge in [0.2, 0.25) is 0 Å². The summed E-state index contributed by atoms with van der Waals surface area (Å²) in [4.78, 5) is 11.9. The molecule has 1 heterocycles. The topological polar surface area (TPSA) is 104 Å². The molecule has 2 rings (SSSR count). The number of carbonyl (C=O) groups is 1. The number of aliphatic hydroxyl groups is 1. The molecule has 1 atom stereocenters. The number of rotatable bonds is 5. The van der Waals surface area contributed by atoms with Gasteiger partial charge in [-0.2, -0.15) is 5.10 Å². The van der Waals surface area contributed by atoms with Gasteiger partial charge in [0, 0.05) is 6.54 Å². The molecule has 0 radical (unpaired) electrons. The van der Waals surface area contributed by atoms with Crippen molar-refractivity contribution in [1.29, 1.82) is 0 Å². The number of H-pyrrole nitrogens is 1. The molecule has 1 unspecified atom stereocenters. The molecule has 0 aliphatic carbocycles. The van der Waals surface area contributed by atoms with Crippen molar-refractivity contribution in [3.8, 4) is 0 Å². The minimum Gasteiger partial charge on any atom is -0.395 e. The molecular formula is C14H18N4O2. The van der Waals surface area contributed by atoms with Crippen molar-refractivity contribution in [2.75, 3.05) is 12.3 Å². The first-order chi connectivity index (χ1) is 9.63. The summed E-state index contributed by atoms with van der Waals surface area (Å²) in [6.07, 6.45) is -0.0790. The second-order valence-electron chi connectivity index (χ2n) is 4.45. The Morgan fingerprint density at radius 1 is 1.45 bits per heavy atom. The lowest BCUT2D eigenvalue weighted by molar-refractivity contribution is 0.0912. The highest BCUT2D eigenvalue weighted by atomic mass is 16.3. The van der Waals surface area contributed by atoms with E-state index in [1.165, 1.54) is 0 Å². The van der Waals surface area contributed by atoms with Gasteiger partial charge in [0.25, 0.3) is 5.91 Å². The molecule has 0 aliphatic heterocycles. The SMILES string of the molecule is CCc1[nH]nc(C(=O)NCC(O)c2ccccc2)c1N. The number of aromatic amines is 1. The van der Waals surface area contributed by atoms with Crippen molar-refractivity contribution in [2.45, 2.75) is 19.4 Å². The minimum absolute atomic E-state index is 0.108. The van der Waals surface area contributed by atoms with E-state index in [1.54, 1.807) is 12.1 Å². The lowest BCUT2D eigenvalue weighted by atomic mass is 10.1. The van der Waals surface area contributed by atoms with Crippen LogP contribution in [0.5, 0.6) is 0 Å². The Kier molecular flexibility index (Phi) is 4.37. The van der Waals surface area contributed by atoms with Crippen molar-refractivity contribution in [3.05, 3.63) is 47.3 Å². The van der Waals surface area contributed by atoms with Crippen molar-refractivity contribution in [2.24, 2.45) is 0 Å². The van der Waals surface area contributed by atoms with Gasteiger partial charge in [-0.05, 0) is 12.0 Å². The molecule has 106 valence electrons. The highest BCUT2D eigenvalue weighted by Gasteiger charge is 2.17. The quantitative estimate of drug-likeness (QED) is 0.653. The summed E-state index contributed by atoms with van der Waals surface area (Å²) in [5.41, 5.74) is 7.83. The summed E-state index contributed by atoms with van der Waals surface area (Å²) in [6, 6.07) is 9.13. The zero-order valence-electron chi connectivity index (χ0n) is 11.3. The van der Waals surface area contributed by atoms with Gasteiger partial charge >= 0.3 is 0 Å². The lowest BCUT2D eigenvalue weighted by Crippen LogP contribution is -2.29. The van der Waals surface area contributed by atoms with Crippen LogP contribution in [0.2, 0.25) is 0 Å². The average molecular weight is 274 g/mol. The maximum Gasteiger partial charge on any atom is 0.274 e. The number of benzene rings is 1. The predicted octanol–water partition coefficient (Wildman–Crippen LogP) is 1.02. The number of aromatic nitrogens is 2. The van der Waals surface area contributed by atoms with Crippen LogP contribution in [0.3, 0.4) is 0 Å². The monoisotopic (exact) mass is 274 g/mol. The van der Waals surface area contributed by atoms with Crippen LogP contribution in [-0.4, -0.2) is 27.8 Å². The number of hydrogen-bond donors (Lipinski definition) is 4. The Hall–Kier alpha value is -2.34. The standard InChI is InChI=1S/C14H18N4O2/c1-2-10-12(15)13(18-17-10)14(20)16-8-11(19)9-6-4-3-5-7-9/h3-7,11,19H,2,8,15H2,1H3,(H,16,20)(H,17,18). The largest absolute Gasteiger partial charge is 0.395 e. The molecule has 0 saturated heterocycles. The fraction of sp³-hybridized carbons (Fsp3) is 0.286. The lowest BCUT2D eigenvalue weighted by Gasteiger charge is -2.11. The molecule has 1 aromatic heterocycles. The third-order valence-corrected chi connectivity index (χ3v) is 3.09. The molecule has 1 amide bonds. The van der Waals surface area contributed by atoms with Gasteiger partial charge in [-0.15, -0.1) is 0 Å². The second kappa shape index (κ2) is 6.21. The van der Waals surface area contributed by atoms with E-state index in [-0.39, 0.29) is 12.2 Å². The number of hydrogen-bond acceptors (Lipinski definition) is 4. The number of nitrogen functional groups attached to an aromatic ring is 1. The first kappa shape index (κ1) is 14.1. The van der Waals surface area contributed by atoms with Gasteiger partial charge in [0.1, 0.15) is 0 Å². The van der Waals surface area contributed by atoms with Crippen molar-refractivity contribution < 1.29 is 9.90 Å². The maximum atomic E-state index is 11.9. The van der Waals surface area contributed by atoms with E-state index in [0.29, 0.717) is 12.1 Å². The number of nitrogens with two attached hydrogens (primary N) is 1. The van der Waals surface area contributed by atoms with Gasteiger partial charge < -0.3 is 16.2 Å². The van der Waals surface area contributed by atoms with Crippen LogP contribution >= 0.6 is 0 Å². The first-order valence-corrected chi connectivity index (χ1v) is 6.47. The number of aryl methyl sites for hydroxylation is 1. The smallest absolute Gasteiger partial charge is 0.274 e. The summed E-state index contributed by atoms with van der Waals surface area (Å²) < 4.78 is 0. The van der Waals surface area contributed by atoms with E-state index in [4.69, 9.17) is 5.73 Å². The Morgan fingerprint density at radius 2 is 2.15 bits per heavy atom. The van der Waals surface area contributed by atoms with Gasteiger partial charge in [-0.1, -0.05) is 37.3 Å². The molecule has 5 N–H and O–H groups in total. The molecule has 0 saturated carbocycles. The molecule has 6 heteroatoms. The summed E-state index contributed by atoms with van der Waals surface area (Å²) in [7, 11) is 0. The number of anilines is 1. The van der Waals surface area contributed by atoms with Crippen LogP contribution in [0.25, 0.3) is 0 Å². The van der Waals surface area contributed by atoms with Crippen molar-refractivity contribution in [3.63, 3.8) is 0 Å². The number of nitrogens with zero attached hydrogens (tertiary/aromatic N) is 1. The van der Waals surface area contributed by atoms with Crippen LogP contribution in [0.4, 0.5) is 5.69 Å². The van der Waals surface area contributed by atoms with Gasteiger partial charge in [0.15, 0.2) is 5.69 Å². The summed E-state index contributed by atoms with van der Waals surface area (Å²) in [5, 5.41) is 19.2. The average Bonchev–Trinajstić information content (AvgIpc) is 2.86. The molecule has 0 spiro atoms. The van der Waals surface area contributed by atoms with Crippen molar-refractivity contribution in [1.82, 2.24) is 15.5 Å². The molecule has 0 fully saturated rings. The zero-order valence-corrected chi connectivity index (χ0v) is 11.3. The van der Waals surface area contributed by atoms with Crippen molar-refractivity contribution >= 4 is 11.6 Å². The molecule has 0 bridgehead atoms. The summed E-state index contributed by atoms with van der Waals surface area (Å²) >= 11 is 0. The van der Waals surface area contributed by atoms with E-state index < -0.39 is 12.0 Å². The first-order valence-electron chi connectivity index (χ1n) is 6.47. The maximum absolute atomic E-state index is 11.9.